The standard InChI is InChI=1S/C27H21ClN2O3S/c1-16-5-4-6-17(11-16)12-20-15-29-27(34-20)30-25(31)18-9-10-21-19(13-18)14-24(33-26(21)32)22-7-2-3-8-23(22)28/h2-11,13,15,24H,12,14H2,1H3,(H,29,30,31)/t24-/m0/s1. The Morgan fingerprint density at radius 1 is 1.15 bits per heavy atom. The van der Waals surface area contributed by atoms with Gasteiger partial charge in [0, 0.05) is 40.1 Å². The number of nitrogens with zero attached hydrogens (tertiary/aromatic N) is 1. The SMILES string of the molecule is Cc1cccc(Cc2cnc(NC(=O)c3ccc4c(c3)C[C@@H](c3ccccc3Cl)OC4=O)s2)c1. The van der Waals surface area contributed by atoms with E-state index in [9.17, 15) is 9.59 Å². The number of nitrogens with one attached hydrogen (secondary N) is 1. The van der Waals surface area contributed by atoms with Crippen LogP contribution in [0.3, 0.4) is 0 Å². The van der Waals surface area contributed by atoms with Crippen molar-refractivity contribution in [3.8, 4) is 0 Å². The van der Waals surface area contributed by atoms with Crippen molar-refractivity contribution in [1.82, 2.24) is 4.98 Å². The number of aromatic nitrogens is 1. The van der Waals surface area contributed by atoms with Gasteiger partial charge in [0.05, 0.1) is 5.56 Å². The minimum absolute atomic E-state index is 0.271. The molecule has 0 aliphatic carbocycles. The number of carbonyl (C=O) groups is 2. The summed E-state index contributed by atoms with van der Waals surface area (Å²) in [6.07, 6.45) is 2.51. The zero-order valence-corrected chi connectivity index (χ0v) is 20.0. The Hall–Kier alpha value is -3.48. The Labute approximate surface area is 206 Å². The van der Waals surface area contributed by atoms with Crippen molar-refractivity contribution in [2.45, 2.75) is 25.9 Å². The topological polar surface area (TPSA) is 68.3 Å². The number of aryl methyl sites for hydroxylation is 1. The number of esters is 1. The zero-order valence-electron chi connectivity index (χ0n) is 18.4. The molecule has 1 aliphatic rings. The number of ether oxygens (including phenoxy) is 1. The number of halogens is 1. The third kappa shape index (κ3) is 4.74. The lowest BCUT2D eigenvalue weighted by atomic mass is 9.93. The molecule has 0 saturated carbocycles. The molecular formula is C27H21ClN2O3S. The van der Waals surface area contributed by atoms with Crippen molar-refractivity contribution >= 4 is 39.9 Å². The number of benzene rings is 3. The predicted octanol–water partition coefficient (Wildman–Crippen LogP) is 6.40. The molecule has 1 aliphatic heterocycles. The van der Waals surface area contributed by atoms with E-state index in [1.807, 2.05) is 24.3 Å². The number of anilines is 1. The van der Waals surface area contributed by atoms with Crippen LogP contribution in [-0.4, -0.2) is 16.9 Å². The van der Waals surface area contributed by atoms with Crippen molar-refractivity contribution in [2.24, 2.45) is 0 Å². The highest BCUT2D eigenvalue weighted by molar-refractivity contribution is 7.15. The van der Waals surface area contributed by atoms with Crippen LogP contribution < -0.4 is 5.32 Å². The fraction of sp³-hybridized carbons (Fsp3) is 0.148. The van der Waals surface area contributed by atoms with Crippen LogP contribution in [-0.2, 0) is 17.6 Å². The highest BCUT2D eigenvalue weighted by Crippen LogP contribution is 2.34. The van der Waals surface area contributed by atoms with Gasteiger partial charge in [-0.2, -0.15) is 0 Å². The second kappa shape index (κ2) is 9.41. The van der Waals surface area contributed by atoms with E-state index in [4.69, 9.17) is 16.3 Å². The van der Waals surface area contributed by atoms with Crippen LogP contribution in [0, 0.1) is 6.92 Å². The molecule has 7 heteroatoms. The zero-order chi connectivity index (χ0) is 23.7. The van der Waals surface area contributed by atoms with Gasteiger partial charge in [-0.25, -0.2) is 9.78 Å². The first-order chi connectivity index (χ1) is 16.5. The van der Waals surface area contributed by atoms with Crippen LogP contribution >= 0.6 is 22.9 Å². The molecule has 4 aromatic rings. The molecule has 1 aromatic heterocycles. The summed E-state index contributed by atoms with van der Waals surface area (Å²) in [5, 5.41) is 3.96. The number of cyclic esters (lactones) is 1. The van der Waals surface area contributed by atoms with Gasteiger partial charge in [0.2, 0.25) is 0 Å². The number of carbonyl (C=O) groups excluding carboxylic acids is 2. The lowest BCUT2D eigenvalue weighted by molar-refractivity contribution is 0.0253. The monoisotopic (exact) mass is 488 g/mol. The van der Waals surface area contributed by atoms with Crippen LogP contribution in [0.5, 0.6) is 0 Å². The van der Waals surface area contributed by atoms with Gasteiger partial charge >= 0.3 is 5.97 Å². The summed E-state index contributed by atoms with van der Waals surface area (Å²) >= 11 is 7.76. The Balaban J connectivity index is 1.31. The number of hydrogen-bond donors (Lipinski definition) is 1. The Morgan fingerprint density at radius 3 is 2.82 bits per heavy atom. The molecule has 0 radical (unpaired) electrons. The van der Waals surface area contributed by atoms with Crippen LogP contribution in [0.1, 0.15) is 54.0 Å². The molecule has 3 aromatic carbocycles. The fourth-order valence-corrected chi connectivity index (χ4v) is 5.19. The number of fused-ring (bicyclic) bond motifs is 1. The minimum atomic E-state index is -0.491. The Bertz CT molecular complexity index is 1400. The molecule has 5 rings (SSSR count). The number of thiazole rings is 1. The lowest BCUT2D eigenvalue weighted by Gasteiger charge is -2.26. The third-order valence-electron chi connectivity index (χ3n) is 5.73. The Morgan fingerprint density at radius 2 is 2.00 bits per heavy atom. The van der Waals surface area contributed by atoms with Gasteiger partial charge in [0.1, 0.15) is 6.10 Å². The molecule has 1 atom stereocenters. The first-order valence-corrected chi connectivity index (χ1v) is 12.1. The highest BCUT2D eigenvalue weighted by atomic mass is 35.5. The first kappa shape index (κ1) is 22.3. The first-order valence-electron chi connectivity index (χ1n) is 10.9. The molecule has 0 saturated heterocycles. The van der Waals surface area contributed by atoms with Crippen molar-refractivity contribution < 1.29 is 14.3 Å². The summed E-state index contributed by atoms with van der Waals surface area (Å²) in [5.41, 5.74) is 4.85. The molecule has 1 amide bonds. The Kier molecular flexibility index (Phi) is 6.18. The molecule has 34 heavy (non-hydrogen) atoms. The summed E-state index contributed by atoms with van der Waals surface area (Å²) in [6, 6.07) is 20.7. The molecule has 0 spiro atoms. The summed E-state index contributed by atoms with van der Waals surface area (Å²) in [4.78, 5) is 30.9. The maximum Gasteiger partial charge on any atom is 0.339 e. The van der Waals surface area contributed by atoms with Crippen LogP contribution in [0.15, 0.2) is 72.9 Å². The van der Waals surface area contributed by atoms with E-state index >= 15 is 0 Å². The lowest BCUT2D eigenvalue weighted by Crippen LogP contribution is -2.23. The van der Waals surface area contributed by atoms with Gasteiger partial charge in [0.15, 0.2) is 5.13 Å². The van der Waals surface area contributed by atoms with E-state index in [2.05, 4.69) is 35.4 Å². The van der Waals surface area contributed by atoms with E-state index in [1.165, 1.54) is 22.5 Å². The third-order valence-corrected chi connectivity index (χ3v) is 6.99. The van der Waals surface area contributed by atoms with Gasteiger partial charge in [-0.05, 0) is 42.3 Å². The molecule has 170 valence electrons. The molecule has 1 N–H and O–H groups in total. The largest absolute Gasteiger partial charge is 0.453 e. The number of hydrogen-bond acceptors (Lipinski definition) is 5. The van der Waals surface area contributed by atoms with E-state index in [0.717, 1.165) is 22.4 Å². The summed E-state index contributed by atoms with van der Waals surface area (Å²) in [7, 11) is 0. The van der Waals surface area contributed by atoms with E-state index in [1.54, 1.807) is 30.5 Å². The van der Waals surface area contributed by atoms with Crippen LogP contribution in [0.4, 0.5) is 5.13 Å². The average molecular weight is 489 g/mol. The summed E-state index contributed by atoms with van der Waals surface area (Å²) in [6.45, 7) is 2.07. The molecule has 0 fully saturated rings. The van der Waals surface area contributed by atoms with Gasteiger partial charge in [-0.15, -0.1) is 11.3 Å². The van der Waals surface area contributed by atoms with E-state index in [-0.39, 0.29) is 5.91 Å². The van der Waals surface area contributed by atoms with Crippen molar-refractivity contribution in [2.75, 3.05) is 5.32 Å². The molecule has 5 nitrogen and oxygen atoms in total. The molecule has 0 unspecified atom stereocenters. The minimum Gasteiger partial charge on any atom is -0.453 e. The van der Waals surface area contributed by atoms with Crippen LogP contribution in [0.2, 0.25) is 5.02 Å². The number of rotatable bonds is 5. The second-order valence-corrected chi connectivity index (χ2v) is 9.77. The number of amides is 1. The van der Waals surface area contributed by atoms with Gasteiger partial charge in [-0.1, -0.05) is 59.6 Å². The average Bonchev–Trinajstić information content (AvgIpc) is 3.25. The fourth-order valence-electron chi connectivity index (χ4n) is 4.09. The van der Waals surface area contributed by atoms with Gasteiger partial charge in [0.25, 0.3) is 5.91 Å². The van der Waals surface area contributed by atoms with Gasteiger partial charge < -0.3 is 4.74 Å². The molecule has 0 bridgehead atoms. The maximum atomic E-state index is 12.9. The summed E-state index contributed by atoms with van der Waals surface area (Å²) in [5.74, 6) is -0.689. The normalized spacial score (nSPS) is 14.9. The predicted molar refractivity (Wildman–Crippen MR) is 134 cm³/mol. The smallest absolute Gasteiger partial charge is 0.339 e. The maximum absolute atomic E-state index is 12.9. The van der Waals surface area contributed by atoms with E-state index in [0.29, 0.717) is 27.7 Å². The molecule has 2 heterocycles. The van der Waals surface area contributed by atoms with Crippen molar-refractivity contribution in [3.63, 3.8) is 0 Å². The van der Waals surface area contributed by atoms with Crippen molar-refractivity contribution in [1.29, 1.82) is 0 Å². The highest BCUT2D eigenvalue weighted by Gasteiger charge is 2.29. The van der Waals surface area contributed by atoms with E-state index < -0.39 is 12.1 Å². The quantitative estimate of drug-likeness (QED) is 0.330. The second-order valence-electron chi connectivity index (χ2n) is 8.24. The molecular weight excluding hydrogens is 468 g/mol. The van der Waals surface area contributed by atoms with Gasteiger partial charge in [-0.3, -0.25) is 10.1 Å². The summed E-state index contributed by atoms with van der Waals surface area (Å²) < 4.78 is 5.60. The van der Waals surface area contributed by atoms with Crippen LogP contribution in [0.25, 0.3) is 0 Å². The van der Waals surface area contributed by atoms with Crippen molar-refractivity contribution in [3.05, 3.63) is 116 Å².